The standard InChI is InChI=1S/C17H17N3O2/c18-17(22)20-14-7-5-12(6-8-14)16(21)19-15-9-4-11-2-1-3-13(11)10-15/h4-10H,1-3H2,(H,19,21)(H3,18,20,22). The van der Waals surface area contributed by atoms with Gasteiger partial charge in [-0.3, -0.25) is 4.79 Å². The second-order valence-corrected chi connectivity index (χ2v) is 5.36. The first-order valence-electron chi connectivity index (χ1n) is 7.21. The third-order valence-electron chi connectivity index (χ3n) is 3.77. The van der Waals surface area contributed by atoms with Crippen LogP contribution >= 0.6 is 0 Å². The van der Waals surface area contributed by atoms with Crippen molar-refractivity contribution in [2.24, 2.45) is 5.73 Å². The van der Waals surface area contributed by atoms with Crippen LogP contribution in [0.3, 0.4) is 0 Å². The molecule has 0 spiro atoms. The molecule has 0 bridgehead atoms. The highest BCUT2D eigenvalue weighted by atomic mass is 16.2. The molecule has 0 heterocycles. The average Bonchev–Trinajstić information content (AvgIpc) is 2.95. The number of carbonyl (C=O) groups is 2. The first-order valence-corrected chi connectivity index (χ1v) is 7.21. The van der Waals surface area contributed by atoms with Crippen molar-refractivity contribution in [2.45, 2.75) is 19.3 Å². The Hall–Kier alpha value is -2.82. The molecule has 0 unspecified atom stereocenters. The van der Waals surface area contributed by atoms with Crippen LogP contribution in [0.4, 0.5) is 16.2 Å². The van der Waals surface area contributed by atoms with Gasteiger partial charge in [0, 0.05) is 16.9 Å². The number of primary amides is 1. The monoisotopic (exact) mass is 295 g/mol. The summed E-state index contributed by atoms with van der Waals surface area (Å²) in [6, 6.07) is 12.0. The zero-order valence-corrected chi connectivity index (χ0v) is 12.1. The zero-order valence-electron chi connectivity index (χ0n) is 12.1. The molecule has 4 N–H and O–H groups in total. The number of nitrogens with two attached hydrogens (primary N) is 1. The summed E-state index contributed by atoms with van der Waals surface area (Å²) in [4.78, 5) is 23.0. The van der Waals surface area contributed by atoms with Gasteiger partial charge < -0.3 is 16.4 Å². The van der Waals surface area contributed by atoms with E-state index in [4.69, 9.17) is 5.73 Å². The van der Waals surface area contributed by atoms with Crippen molar-refractivity contribution in [3.8, 4) is 0 Å². The lowest BCUT2D eigenvalue weighted by atomic mass is 10.1. The zero-order chi connectivity index (χ0) is 15.5. The van der Waals surface area contributed by atoms with Gasteiger partial charge in [0.25, 0.3) is 5.91 Å². The Balaban J connectivity index is 1.70. The lowest BCUT2D eigenvalue weighted by Crippen LogP contribution is -2.19. The molecule has 2 aromatic carbocycles. The maximum atomic E-state index is 12.2. The normalized spacial score (nSPS) is 12.5. The number of nitrogens with one attached hydrogen (secondary N) is 2. The second kappa shape index (κ2) is 5.89. The van der Waals surface area contributed by atoms with Gasteiger partial charge in [0.15, 0.2) is 0 Å². The maximum absolute atomic E-state index is 12.2. The summed E-state index contributed by atoms with van der Waals surface area (Å²) in [5, 5.41) is 5.35. The van der Waals surface area contributed by atoms with Crippen molar-refractivity contribution in [1.29, 1.82) is 0 Å². The minimum Gasteiger partial charge on any atom is -0.351 e. The number of benzene rings is 2. The van der Waals surface area contributed by atoms with Gasteiger partial charge in [0.05, 0.1) is 0 Å². The summed E-state index contributed by atoms with van der Waals surface area (Å²) in [5.74, 6) is -0.177. The third-order valence-corrected chi connectivity index (χ3v) is 3.77. The van der Waals surface area contributed by atoms with E-state index in [0.29, 0.717) is 11.3 Å². The van der Waals surface area contributed by atoms with E-state index in [-0.39, 0.29) is 5.91 Å². The number of hydrogen-bond donors (Lipinski definition) is 3. The molecule has 0 aromatic heterocycles. The fourth-order valence-corrected chi connectivity index (χ4v) is 2.70. The minimum atomic E-state index is -0.629. The van der Waals surface area contributed by atoms with Crippen LogP contribution in [-0.2, 0) is 12.8 Å². The number of hydrogen-bond acceptors (Lipinski definition) is 2. The molecule has 2 aromatic rings. The van der Waals surface area contributed by atoms with Crippen molar-refractivity contribution in [1.82, 2.24) is 0 Å². The molecule has 0 atom stereocenters. The SMILES string of the molecule is NC(=O)Nc1ccc(C(=O)Nc2ccc3c(c2)CCC3)cc1. The quantitative estimate of drug-likeness (QED) is 0.813. The van der Waals surface area contributed by atoms with Crippen LogP contribution in [0.25, 0.3) is 0 Å². The van der Waals surface area contributed by atoms with Crippen LogP contribution in [0.15, 0.2) is 42.5 Å². The van der Waals surface area contributed by atoms with Gasteiger partial charge in [-0.05, 0) is 66.8 Å². The predicted molar refractivity (Wildman–Crippen MR) is 86.1 cm³/mol. The summed E-state index contributed by atoms with van der Waals surface area (Å²) in [6.45, 7) is 0. The van der Waals surface area contributed by atoms with E-state index < -0.39 is 6.03 Å². The molecule has 0 saturated heterocycles. The van der Waals surface area contributed by atoms with E-state index in [2.05, 4.69) is 16.7 Å². The molecule has 0 radical (unpaired) electrons. The molecule has 3 amide bonds. The number of anilines is 2. The molecule has 1 aliphatic rings. The molecule has 3 rings (SSSR count). The van der Waals surface area contributed by atoms with Gasteiger partial charge in [-0.1, -0.05) is 6.07 Å². The van der Waals surface area contributed by atoms with E-state index >= 15 is 0 Å². The highest BCUT2D eigenvalue weighted by Crippen LogP contribution is 2.25. The van der Waals surface area contributed by atoms with Crippen LogP contribution in [0.1, 0.15) is 27.9 Å². The van der Waals surface area contributed by atoms with E-state index in [1.807, 2.05) is 12.1 Å². The molecule has 0 saturated carbocycles. The Bertz CT molecular complexity index is 723. The summed E-state index contributed by atoms with van der Waals surface area (Å²) in [7, 11) is 0. The van der Waals surface area contributed by atoms with Crippen LogP contribution in [0, 0.1) is 0 Å². The topological polar surface area (TPSA) is 84.2 Å². The molecule has 5 nitrogen and oxygen atoms in total. The first-order chi connectivity index (χ1) is 10.6. The van der Waals surface area contributed by atoms with Crippen LogP contribution < -0.4 is 16.4 Å². The van der Waals surface area contributed by atoms with Crippen molar-refractivity contribution in [2.75, 3.05) is 10.6 Å². The number of carbonyl (C=O) groups excluding carboxylic acids is 2. The lowest BCUT2D eigenvalue weighted by Gasteiger charge is -2.08. The van der Waals surface area contributed by atoms with Gasteiger partial charge in [-0.2, -0.15) is 0 Å². The largest absolute Gasteiger partial charge is 0.351 e. The highest BCUT2D eigenvalue weighted by molar-refractivity contribution is 6.04. The molecule has 0 aliphatic heterocycles. The number of aryl methyl sites for hydroxylation is 2. The molecular weight excluding hydrogens is 278 g/mol. The number of urea groups is 1. The minimum absolute atomic E-state index is 0.177. The molecule has 1 aliphatic carbocycles. The second-order valence-electron chi connectivity index (χ2n) is 5.36. The number of amides is 3. The predicted octanol–water partition coefficient (Wildman–Crippen LogP) is 2.92. The molecule has 0 fully saturated rings. The first kappa shape index (κ1) is 14.1. The fraction of sp³-hybridized carbons (Fsp3) is 0.176. The summed E-state index contributed by atoms with van der Waals surface area (Å²) in [6.07, 6.45) is 3.38. The smallest absolute Gasteiger partial charge is 0.316 e. The lowest BCUT2D eigenvalue weighted by molar-refractivity contribution is 0.102. The van der Waals surface area contributed by atoms with E-state index in [1.54, 1.807) is 24.3 Å². The molecule has 5 heteroatoms. The molecule has 22 heavy (non-hydrogen) atoms. The Morgan fingerprint density at radius 2 is 1.55 bits per heavy atom. The van der Waals surface area contributed by atoms with Crippen molar-refractivity contribution in [3.05, 3.63) is 59.2 Å². The number of rotatable bonds is 3. The van der Waals surface area contributed by atoms with Crippen molar-refractivity contribution in [3.63, 3.8) is 0 Å². The Labute approximate surface area is 128 Å². The van der Waals surface area contributed by atoms with Crippen LogP contribution in [0.5, 0.6) is 0 Å². The molecule has 112 valence electrons. The van der Waals surface area contributed by atoms with Gasteiger partial charge in [-0.15, -0.1) is 0 Å². The Kier molecular flexibility index (Phi) is 3.78. The van der Waals surface area contributed by atoms with Gasteiger partial charge in [0.2, 0.25) is 0 Å². The van der Waals surface area contributed by atoms with Gasteiger partial charge in [0.1, 0.15) is 0 Å². The molecular formula is C17H17N3O2. The van der Waals surface area contributed by atoms with Crippen molar-refractivity contribution >= 4 is 23.3 Å². The van der Waals surface area contributed by atoms with Gasteiger partial charge >= 0.3 is 6.03 Å². The average molecular weight is 295 g/mol. The Morgan fingerprint density at radius 3 is 2.27 bits per heavy atom. The third kappa shape index (κ3) is 3.09. The number of fused-ring (bicyclic) bond motifs is 1. The van der Waals surface area contributed by atoms with E-state index in [0.717, 1.165) is 18.5 Å². The fourth-order valence-electron chi connectivity index (χ4n) is 2.70. The summed E-state index contributed by atoms with van der Waals surface area (Å²) < 4.78 is 0. The van der Waals surface area contributed by atoms with E-state index in [9.17, 15) is 9.59 Å². The Morgan fingerprint density at radius 1 is 0.864 bits per heavy atom. The summed E-state index contributed by atoms with van der Waals surface area (Å²) in [5.41, 5.74) is 9.62. The van der Waals surface area contributed by atoms with Crippen molar-refractivity contribution < 1.29 is 9.59 Å². The van der Waals surface area contributed by atoms with Crippen LogP contribution in [0.2, 0.25) is 0 Å². The van der Waals surface area contributed by atoms with Crippen LogP contribution in [-0.4, -0.2) is 11.9 Å². The highest BCUT2D eigenvalue weighted by Gasteiger charge is 2.12. The van der Waals surface area contributed by atoms with Gasteiger partial charge in [-0.25, -0.2) is 4.79 Å². The van der Waals surface area contributed by atoms with E-state index in [1.165, 1.54) is 17.5 Å². The maximum Gasteiger partial charge on any atom is 0.316 e. The summed E-state index contributed by atoms with van der Waals surface area (Å²) >= 11 is 0.